The Morgan fingerprint density at radius 2 is 2.17 bits per heavy atom. The summed E-state index contributed by atoms with van der Waals surface area (Å²) in [6.45, 7) is 6.49. The fourth-order valence-electron chi connectivity index (χ4n) is 2.39. The molecule has 5 heteroatoms. The number of aromatic nitrogens is 2. The third-order valence-corrected chi connectivity index (χ3v) is 3.32. The number of ether oxygens (including phenoxy) is 1. The molecule has 2 unspecified atom stereocenters. The molecule has 104 valence electrons. The van der Waals surface area contributed by atoms with Crippen molar-refractivity contribution in [2.45, 2.75) is 45.8 Å². The normalized spacial score (nSPS) is 15.7. The maximum Gasteiger partial charge on any atom is 0.0785 e. The molecular weight excluding hydrogens is 228 g/mol. The topological polar surface area (TPSA) is 65.1 Å². The van der Waals surface area contributed by atoms with Crippen LogP contribution in [0.4, 0.5) is 0 Å². The summed E-state index contributed by atoms with van der Waals surface area (Å²) in [5, 5.41) is 4.17. The second-order valence-corrected chi connectivity index (χ2v) is 5.78. The van der Waals surface area contributed by atoms with Crippen LogP contribution in [0, 0.1) is 5.41 Å². The van der Waals surface area contributed by atoms with Crippen LogP contribution in [0.2, 0.25) is 0 Å². The highest BCUT2D eigenvalue weighted by atomic mass is 16.5. The van der Waals surface area contributed by atoms with Gasteiger partial charge in [0.25, 0.3) is 0 Å². The number of hydrazine groups is 1. The van der Waals surface area contributed by atoms with E-state index >= 15 is 0 Å². The molecule has 18 heavy (non-hydrogen) atoms. The van der Waals surface area contributed by atoms with E-state index in [0.717, 1.165) is 12.8 Å². The summed E-state index contributed by atoms with van der Waals surface area (Å²) >= 11 is 0. The summed E-state index contributed by atoms with van der Waals surface area (Å²) in [7, 11) is 3.70. The SMILES string of the molecule is COC(C(CCc1ccnn1C)NN)C(C)(C)C. The van der Waals surface area contributed by atoms with E-state index < -0.39 is 0 Å². The van der Waals surface area contributed by atoms with Crippen LogP contribution in [0.25, 0.3) is 0 Å². The number of nitrogens with zero attached hydrogens (tertiary/aromatic N) is 2. The number of aryl methyl sites for hydroxylation is 2. The molecule has 0 bridgehead atoms. The second-order valence-electron chi connectivity index (χ2n) is 5.78. The Morgan fingerprint density at radius 3 is 2.56 bits per heavy atom. The van der Waals surface area contributed by atoms with Crippen LogP contribution in [0.15, 0.2) is 12.3 Å². The number of hydrogen-bond donors (Lipinski definition) is 2. The van der Waals surface area contributed by atoms with Gasteiger partial charge in [-0.2, -0.15) is 5.10 Å². The summed E-state index contributed by atoms with van der Waals surface area (Å²) in [4.78, 5) is 0. The predicted molar refractivity (Wildman–Crippen MR) is 72.9 cm³/mol. The van der Waals surface area contributed by atoms with Gasteiger partial charge in [-0.15, -0.1) is 0 Å². The van der Waals surface area contributed by atoms with Crippen molar-refractivity contribution >= 4 is 0 Å². The number of rotatable bonds is 6. The molecule has 0 aromatic carbocycles. The van der Waals surface area contributed by atoms with Gasteiger partial charge in [0.15, 0.2) is 0 Å². The summed E-state index contributed by atoms with van der Waals surface area (Å²) in [5.41, 5.74) is 4.15. The Bertz CT molecular complexity index is 356. The largest absolute Gasteiger partial charge is 0.379 e. The molecule has 3 N–H and O–H groups in total. The summed E-state index contributed by atoms with van der Waals surface area (Å²) in [6.07, 6.45) is 3.75. The lowest BCUT2D eigenvalue weighted by Crippen LogP contribution is -2.50. The van der Waals surface area contributed by atoms with E-state index in [1.165, 1.54) is 5.69 Å². The first-order chi connectivity index (χ1) is 8.40. The van der Waals surface area contributed by atoms with Gasteiger partial charge < -0.3 is 4.74 Å². The fourth-order valence-corrected chi connectivity index (χ4v) is 2.39. The van der Waals surface area contributed by atoms with E-state index in [4.69, 9.17) is 10.6 Å². The highest BCUT2D eigenvalue weighted by Crippen LogP contribution is 2.26. The number of methoxy groups -OCH3 is 1. The van der Waals surface area contributed by atoms with Gasteiger partial charge in [-0.3, -0.25) is 16.0 Å². The highest BCUT2D eigenvalue weighted by Gasteiger charge is 2.31. The lowest BCUT2D eigenvalue weighted by molar-refractivity contribution is -0.0131. The van der Waals surface area contributed by atoms with Gasteiger partial charge in [0.2, 0.25) is 0 Å². The lowest BCUT2D eigenvalue weighted by atomic mass is 9.83. The number of nitrogens with two attached hydrogens (primary N) is 1. The Kier molecular flexibility index (Phi) is 5.31. The minimum Gasteiger partial charge on any atom is -0.379 e. The number of hydrogen-bond acceptors (Lipinski definition) is 4. The van der Waals surface area contributed by atoms with Gasteiger partial charge >= 0.3 is 0 Å². The Hall–Kier alpha value is -0.910. The molecule has 0 saturated heterocycles. The molecular formula is C13H26N4O. The van der Waals surface area contributed by atoms with Gasteiger partial charge in [-0.05, 0) is 24.3 Å². The molecule has 1 aromatic rings. The highest BCUT2D eigenvalue weighted by molar-refractivity contribution is 5.01. The van der Waals surface area contributed by atoms with Gasteiger partial charge in [0.05, 0.1) is 6.10 Å². The molecule has 0 radical (unpaired) electrons. The molecule has 0 aliphatic carbocycles. The first kappa shape index (κ1) is 15.1. The van der Waals surface area contributed by atoms with Crippen LogP contribution < -0.4 is 11.3 Å². The van der Waals surface area contributed by atoms with Crippen molar-refractivity contribution in [2.24, 2.45) is 18.3 Å². The molecule has 5 nitrogen and oxygen atoms in total. The monoisotopic (exact) mass is 254 g/mol. The molecule has 0 spiro atoms. The number of nitrogens with one attached hydrogen (secondary N) is 1. The van der Waals surface area contributed by atoms with E-state index in [0.29, 0.717) is 0 Å². The molecule has 0 fully saturated rings. The fraction of sp³-hybridized carbons (Fsp3) is 0.769. The molecule has 0 amide bonds. The average molecular weight is 254 g/mol. The van der Waals surface area contributed by atoms with Crippen molar-refractivity contribution < 1.29 is 4.74 Å². The molecule has 2 atom stereocenters. The molecule has 0 saturated carbocycles. The third-order valence-electron chi connectivity index (χ3n) is 3.32. The maximum atomic E-state index is 5.67. The van der Waals surface area contributed by atoms with E-state index in [1.54, 1.807) is 7.11 Å². The minimum absolute atomic E-state index is 0.0538. The molecule has 1 aromatic heterocycles. The van der Waals surface area contributed by atoms with Gasteiger partial charge in [-0.1, -0.05) is 20.8 Å². The predicted octanol–water partition coefficient (Wildman–Crippen LogP) is 1.25. The van der Waals surface area contributed by atoms with Crippen LogP contribution in [0.1, 0.15) is 32.9 Å². The van der Waals surface area contributed by atoms with E-state index in [1.807, 2.05) is 24.0 Å². The molecule has 0 aliphatic heterocycles. The van der Waals surface area contributed by atoms with E-state index in [9.17, 15) is 0 Å². The molecule has 0 aliphatic rings. The van der Waals surface area contributed by atoms with E-state index in [2.05, 4.69) is 31.3 Å². The Balaban J connectivity index is 2.64. The summed E-state index contributed by atoms with van der Waals surface area (Å²) in [5.74, 6) is 5.67. The van der Waals surface area contributed by atoms with Crippen LogP contribution >= 0.6 is 0 Å². The average Bonchev–Trinajstić information content (AvgIpc) is 2.68. The first-order valence-corrected chi connectivity index (χ1v) is 6.36. The zero-order chi connectivity index (χ0) is 13.8. The van der Waals surface area contributed by atoms with Crippen molar-refractivity contribution in [1.82, 2.24) is 15.2 Å². The van der Waals surface area contributed by atoms with Crippen LogP contribution in [-0.4, -0.2) is 29.0 Å². The van der Waals surface area contributed by atoms with Crippen molar-refractivity contribution in [3.05, 3.63) is 18.0 Å². The lowest BCUT2D eigenvalue weighted by Gasteiger charge is -2.35. The van der Waals surface area contributed by atoms with Crippen LogP contribution in [0.3, 0.4) is 0 Å². The zero-order valence-electron chi connectivity index (χ0n) is 12.1. The van der Waals surface area contributed by atoms with Crippen LogP contribution in [-0.2, 0) is 18.2 Å². The Morgan fingerprint density at radius 1 is 1.50 bits per heavy atom. The molecule has 1 heterocycles. The standard InChI is InChI=1S/C13H26N4O/c1-13(2,3)12(18-5)11(16-14)7-6-10-8-9-15-17(10)4/h8-9,11-12,16H,6-7,14H2,1-5H3. The minimum atomic E-state index is 0.0538. The van der Waals surface area contributed by atoms with E-state index in [-0.39, 0.29) is 17.6 Å². The molecule has 1 rings (SSSR count). The smallest absolute Gasteiger partial charge is 0.0785 e. The maximum absolute atomic E-state index is 5.67. The summed E-state index contributed by atoms with van der Waals surface area (Å²) < 4.78 is 7.50. The van der Waals surface area contributed by atoms with Crippen molar-refractivity contribution in [3.8, 4) is 0 Å². The Labute approximate surface area is 110 Å². The third kappa shape index (κ3) is 3.80. The van der Waals surface area contributed by atoms with Crippen molar-refractivity contribution in [2.75, 3.05) is 7.11 Å². The quantitative estimate of drug-likeness (QED) is 0.592. The van der Waals surface area contributed by atoms with Crippen molar-refractivity contribution in [3.63, 3.8) is 0 Å². The summed E-state index contributed by atoms with van der Waals surface area (Å²) in [6, 6.07) is 2.16. The first-order valence-electron chi connectivity index (χ1n) is 6.36. The van der Waals surface area contributed by atoms with Gasteiger partial charge in [-0.25, -0.2) is 0 Å². The van der Waals surface area contributed by atoms with Crippen LogP contribution in [0.5, 0.6) is 0 Å². The van der Waals surface area contributed by atoms with Gasteiger partial charge in [0.1, 0.15) is 0 Å². The van der Waals surface area contributed by atoms with Crippen molar-refractivity contribution in [1.29, 1.82) is 0 Å². The van der Waals surface area contributed by atoms with Gasteiger partial charge in [0, 0.05) is 32.1 Å². The zero-order valence-corrected chi connectivity index (χ0v) is 12.1. The second kappa shape index (κ2) is 6.31.